The van der Waals surface area contributed by atoms with Crippen molar-refractivity contribution >= 4 is 0 Å². The maximum atomic E-state index is 8.66. The molecule has 2 N–H and O–H groups in total. The van der Waals surface area contributed by atoms with Crippen molar-refractivity contribution in [3.63, 3.8) is 0 Å². The molecule has 0 aromatic heterocycles. The van der Waals surface area contributed by atoms with Crippen LogP contribution in [0.5, 0.6) is 0 Å². The van der Waals surface area contributed by atoms with Crippen molar-refractivity contribution in [2.24, 2.45) is 5.92 Å². The average molecular weight is 185 g/mol. The molecule has 0 spiro atoms. The fourth-order valence-electron chi connectivity index (χ4n) is 2.32. The maximum absolute atomic E-state index is 8.66. The van der Waals surface area contributed by atoms with Crippen molar-refractivity contribution < 1.29 is 5.11 Å². The van der Waals surface area contributed by atoms with Crippen molar-refractivity contribution in [1.82, 2.24) is 5.32 Å². The van der Waals surface area contributed by atoms with Crippen LogP contribution in [0.15, 0.2) is 0 Å². The second kappa shape index (κ2) is 6.39. The van der Waals surface area contributed by atoms with Gasteiger partial charge in [-0.2, -0.15) is 0 Å². The molecule has 0 aromatic rings. The summed E-state index contributed by atoms with van der Waals surface area (Å²) in [5, 5.41) is 12.0. The minimum absolute atomic E-state index is 0.259. The van der Waals surface area contributed by atoms with Gasteiger partial charge in [0, 0.05) is 12.6 Å². The van der Waals surface area contributed by atoms with Gasteiger partial charge in [0.05, 0.1) is 6.61 Å². The van der Waals surface area contributed by atoms with E-state index in [0.29, 0.717) is 6.04 Å². The summed E-state index contributed by atoms with van der Waals surface area (Å²) in [4.78, 5) is 0. The number of rotatable bonds is 5. The lowest BCUT2D eigenvalue weighted by molar-refractivity contribution is 0.266. The van der Waals surface area contributed by atoms with Crippen molar-refractivity contribution in [1.29, 1.82) is 0 Å². The molecule has 0 radical (unpaired) electrons. The van der Waals surface area contributed by atoms with E-state index < -0.39 is 0 Å². The van der Waals surface area contributed by atoms with Crippen LogP contribution in [0.25, 0.3) is 0 Å². The third-order valence-electron chi connectivity index (χ3n) is 3.02. The Hall–Kier alpha value is -0.0800. The summed E-state index contributed by atoms with van der Waals surface area (Å²) in [6.07, 6.45) is 8.43. The molecule has 0 heterocycles. The van der Waals surface area contributed by atoms with E-state index in [9.17, 15) is 0 Å². The highest BCUT2D eigenvalue weighted by Crippen LogP contribution is 2.27. The van der Waals surface area contributed by atoms with Gasteiger partial charge < -0.3 is 10.4 Å². The molecule has 0 aliphatic heterocycles. The summed E-state index contributed by atoms with van der Waals surface area (Å²) in [5.74, 6) is 0.940. The van der Waals surface area contributed by atoms with Gasteiger partial charge in [-0.05, 0) is 19.3 Å². The highest BCUT2D eigenvalue weighted by atomic mass is 16.3. The number of nitrogens with one attached hydrogen (secondary N) is 1. The minimum atomic E-state index is 0.259. The highest BCUT2D eigenvalue weighted by Gasteiger charge is 2.15. The second-order valence-corrected chi connectivity index (χ2v) is 4.32. The van der Waals surface area contributed by atoms with Gasteiger partial charge in [-0.1, -0.05) is 32.1 Å². The number of hydrogen-bond acceptors (Lipinski definition) is 2. The molecule has 1 unspecified atom stereocenters. The first-order chi connectivity index (χ1) is 6.33. The van der Waals surface area contributed by atoms with E-state index in [2.05, 4.69) is 12.2 Å². The minimum Gasteiger partial charge on any atom is -0.395 e. The first kappa shape index (κ1) is 11.0. The lowest BCUT2D eigenvalue weighted by Gasteiger charge is -2.25. The fraction of sp³-hybridized carbons (Fsp3) is 1.00. The molecule has 78 valence electrons. The van der Waals surface area contributed by atoms with Crippen LogP contribution >= 0.6 is 0 Å². The van der Waals surface area contributed by atoms with Crippen LogP contribution in [-0.4, -0.2) is 24.3 Å². The average Bonchev–Trinajstić information content (AvgIpc) is 2.16. The summed E-state index contributed by atoms with van der Waals surface area (Å²) >= 11 is 0. The normalized spacial score (nSPS) is 21.7. The smallest absolute Gasteiger partial charge is 0.0556 e. The van der Waals surface area contributed by atoms with E-state index in [-0.39, 0.29) is 6.61 Å². The molecule has 1 saturated carbocycles. The molecular weight excluding hydrogens is 162 g/mol. The van der Waals surface area contributed by atoms with E-state index in [1.54, 1.807) is 0 Å². The third-order valence-corrected chi connectivity index (χ3v) is 3.02. The Labute approximate surface area is 81.7 Å². The van der Waals surface area contributed by atoms with E-state index in [0.717, 1.165) is 12.5 Å². The summed E-state index contributed by atoms with van der Waals surface area (Å²) in [6, 6.07) is 0.579. The molecule has 0 saturated heterocycles. The lowest BCUT2D eigenvalue weighted by Crippen LogP contribution is -2.31. The van der Waals surface area contributed by atoms with Gasteiger partial charge in [-0.3, -0.25) is 0 Å². The fourth-order valence-corrected chi connectivity index (χ4v) is 2.32. The van der Waals surface area contributed by atoms with E-state index in [1.165, 1.54) is 38.5 Å². The van der Waals surface area contributed by atoms with Gasteiger partial charge in [-0.25, -0.2) is 0 Å². The Morgan fingerprint density at radius 2 is 2.00 bits per heavy atom. The van der Waals surface area contributed by atoms with E-state index >= 15 is 0 Å². The van der Waals surface area contributed by atoms with Crippen molar-refractivity contribution in [3.05, 3.63) is 0 Å². The van der Waals surface area contributed by atoms with E-state index in [1.807, 2.05) is 0 Å². The van der Waals surface area contributed by atoms with Crippen LogP contribution in [0.4, 0.5) is 0 Å². The zero-order valence-electron chi connectivity index (χ0n) is 8.76. The first-order valence-corrected chi connectivity index (χ1v) is 5.67. The predicted octanol–water partition coefficient (Wildman–Crippen LogP) is 1.93. The van der Waals surface area contributed by atoms with Gasteiger partial charge in [0.2, 0.25) is 0 Å². The molecule has 13 heavy (non-hydrogen) atoms. The molecule has 1 aliphatic rings. The molecular formula is C11H23NO. The molecule has 1 atom stereocenters. The molecule has 1 fully saturated rings. The van der Waals surface area contributed by atoms with Gasteiger partial charge in [0.1, 0.15) is 0 Å². The first-order valence-electron chi connectivity index (χ1n) is 5.67. The SMILES string of the molecule is CC(CC1CCCCC1)NCCO. The molecule has 0 aromatic carbocycles. The zero-order valence-corrected chi connectivity index (χ0v) is 8.76. The molecule has 0 amide bonds. The van der Waals surface area contributed by atoms with Crippen molar-refractivity contribution in [2.45, 2.75) is 51.5 Å². The molecule has 2 nitrogen and oxygen atoms in total. The van der Waals surface area contributed by atoms with Gasteiger partial charge in [0.25, 0.3) is 0 Å². The van der Waals surface area contributed by atoms with E-state index in [4.69, 9.17) is 5.11 Å². The lowest BCUT2D eigenvalue weighted by atomic mass is 9.85. The van der Waals surface area contributed by atoms with Gasteiger partial charge in [0.15, 0.2) is 0 Å². The second-order valence-electron chi connectivity index (χ2n) is 4.32. The van der Waals surface area contributed by atoms with Crippen molar-refractivity contribution in [2.75, 3.05) is 13.2 Å². The summed E-state index contributed by atoms with van der Waals surface area (Å²) in [7, 11) is 0. The quantitative estimate of drug-likeness (QED) is 0.686. The van der Waals surface area contributed by atoms with Gasteiger partial charge >= 0.3 is 0 Å². The molecule has 0 bridgehead atoms. The molecule has 2 heteroatoms. The highest BCUT2D eigenvalue weighted by molar-refractivity contribution is 4.71. The van der Waals surface area contributed by atoms with Crippen LogP contribution in [0.1, 0.15) is 45.4 Å². The topological polar surface area (TPSA) is 32.3 Å². The molecule has 1 rings (SSSR count). The van der Waals surface area contributed by atoms with Crippen LogP contribution in [0, 0.1) is 5.92 Å². The Kier molecular flexibility index (Phi) is 5.40. The van der Waals surface area contributed by atoms with Crippen LogP contribution in [-0.2, 0) is 0 Å². The van der Waals surface area contributed by atoms with Crippen LogP contribution in [0.3, 0.4) is 0 Å². The maximum Gasteiger partial charge on any atom is 0.0556 e. The Morgan fingerprint density at radius 3 is 2.62 bits per heavy atom. The zero-order chi connectivity index (χ0) is 9.52. The summed E-state index contributed by atoms with van der Waals surface area (Å²) in [5.41, 5.74) is 0. The predicted molar refractivity (Wildman–Crippen MR) is 55.7 cm³/mol. The monoisotopic (exact) mass is 185 g/mol. The Morgan fingerprint density at radius 1 is 1.31 bits per heavy atom. The standard InChI is InChI=1S/C11H23NO/c1-10(12-7-8-13)9-11-5-3-2-4-6-11/h10-13H,2-9H2,1H3. The van der Waals surface area contributed by atoms with Gasteiger partial charge in [-0.15, -0.1) is 0 Å². The number of aliphatic hydroxyl groups excluding tert-OH is 1. The largest absolute Gasteiger partial charge is 0.395 e. The van der Waals surface area contributed by atoms with Crippen molar-refractivity contribution in [3.8, 4) is 0 Å². The third kappa shape index (κ3) is 4.63. The number of hydrogen-bond donors (Lipinski definition) is 2. The van der Waals surface area contributed by atoms with Crippen LogP contribution in [0.2, 0.25) is 0 Å². The number of aliphatic hydroxyl groups is 1. The van der Waals surface area contributed by atoms with Crippen LogP contribution < -0.4 is 5.32 Å². The summed E-state index contributed by atoms with van der Waals surface area (Å²) < 4.78 is 0. The molecule has 1 aliphatic carbocycles. The Balaban J connectivity index is 2.07. The Bertz CT molecular complexity index is 121. The summed E-state index contributed by atoms with van der Waals surface area (Å²) in [6.45, 7) is 3.23.